The molecule has 1 heterocycles. The zero-order valence-corrected chi connectivity index (χ0v) is 16.5. The first-order valence-electron chi connectivity index (χ1n) is 9.48. The van der Waals surface area contributed by atoms with Gasteiger partial charge in [-0.3, -0.25) is 0 Å². The molecule has 5 nitrogen and oxygen atoms in total. The summed E-state index contributed by atoms with van der Waals surface area (Å²) in [5.41, 5.74) is 2.72. The van der Waals surface area contributed by atoms with Crippen molar-refractivity contribution in [3.63, 3.8) is 0 Å². The maximum atomic E-state index is 5.97. The number of aromatic nitrogens is 2. The largest absolute Gasteiger partial charge is 0.497 e. The number of rotatable bonds is 6. The molecule has 4 rings (SSSR count). The first-order chi connectivity index (χ1) is 14.8. The highest BCUT2D eigenvalue weighted by Crippen LogP contribution is 2.24. The molecule has 0 radical (unpaired) electrons. The van der Waals surface area contributed by atoms with Crippen LogP contribution in [0.2, 0.25) is 0 Å². The van der Waals surface area contributed by atoms with Gasteiger partial charge in [-0.25, -0.2) is 9.97 Å². The Morgan fingerprint density at radius 2 is 1.77 bits per heavy atom. The van der Waals surface area contributed by atoms with E-state index in [9.17, 15) is 0 Å². The van der Waals surface area contributed by atoms with Crippen LogP contribution in [0.1, 0.15) is 11.1 Å². The number of nitrogens with zero attached hydrogens (tertiary/aromatic N) is 2. The standard InChI is InChI=1S/C25H20N2O3/c1-28-22-10-12-25(30-17-19-6-3-2-4-7-19)20(14-22)8-5-13-29-23-9-11-24-21(15-23)16-26-18-27-24/h2-4,6-7,9-12,14-16,18H,13,17H2,1H3. The van der Waals surface area contributed by atoms with Gasteiger partial charge in [-0.2, -0.15) is 0 Å². The summed E-state index contributed by atoms with van der Waals surface area (Å²) in [5, 5.41) is 0.923. The van der Waals surface area contributed by atoms with Crippen LogP contribution in [-0.4, -0.2) is 23.7 Å². The Balaban J connectivity index is 1.45. The van der Waals surface area contributed by atoms with Crippen molar-refractivity contribution in [1.29, 1.82) is 0 Å². The van der Waals surface area contributed by atoms with E-state index in [1.54, 1.807) is 13.3 Å². The van der Waals surface area contributed by atoms with E-state index in [0.29, 0.717) is 12.4 Å². The molecule has 148 valence electrons. The monoisotopic (exact) mass is 396 g/mol. The van der Waals surface area contributed by atoms with Gasteiger partial charge in [0.2, 0.25) is 0 Å². The van der Waals surface area contributed by atoms with Crippen molar-refractivity contribution >= 4 is 10.9 Å². The van der Waals surface area contributed by atoms with Crippen LogP contribution in [-0.2, 0) is 6.61 Å². The SMILES string of the molecule is COc1ccc(OCc2ccccc2)c(C#CCOc2ccc3ncncc3c2)c1. The Hall–Kier alpha value is -4.04. The van der Waals surface area contributed by atoms with Crippen molar-refractivity contribution in [3.05, 3.63) is 90.4 Å². The highest BCUT2D eigenvalue weighted by atomic mass is 16.5. The van der Waals surface area contributed by atoms with E-state index in [4.69, 9.17) is 14.2 Å². The number of hydrogen-bond acceptors (Lipinski definition) is 5. The van der Waals surface area contributed by atoms with Gasteiger partial charge in [0.1, 0.15) is 36.8 Å². The van der Waals surface area contributed by atoms with Gasteiger partial charge in [0.05, 0.1) is 18.2 Å². The van der Waals surface area contributed by atoms with E-state index < -0.39 is 0 Å². The second kappa shape index (κ2) is 9.44. The van der Waals surface area contributed by atoms with Crippen LogP contribution in [0, 0.1) is 11.8 Å². The fourth-order valence-corrected chi connectivity index (χ4v) is 2.90. The topological polar surface area (TPSA) is 53.5 Å². The molecule has 0 saturated heterocycles. The maximum absolute atomic E-state index is 5.97. The molecule has 3 aromatic carbocycles. The Labute approximate surface area is 175 Å². The Bertz CT molecular complexity index is 1200. The lowest BCUT2D eigenvalue weighted by molar-refractivity contribution is 0.304. The minimum Gasteiger partial charge on any atom is -0.497 e. The Morgan fingerprint density at radius 3 is 2.63 bits per heavy atom. The van der Waals surface area contributed by atoms with Gasteiger partial charge in [0.15, 0.2) is 0 Å². The molecular weight excluding hydrogens is 376 g/mol. The van der Waals surface area contributed by atoms with Gasteiger partial charge < -0.3 is 14.2 Å². The minimum atomic E-state index is 0.245. The molecule has 0 aliphatic carbocycles. The van der Waals surface area contributed by atoms with Crippen molar-refractivity contribution in [2.45, 2.75) is 6.61 Å². The molecule has 0 N–H and O–H groups in total. The van der Waals surface area contributed by atoms with Crippen LogP contribution >= 0.6 is 0 Å². The molecule has 0 atom stereocenters. The average molecular weight is 396 g/mol. The van der Waals surface area contributed by atoms with Crippen molar-refractivity contribution < 1.29 is 14.2 Å². The molecule has 0 unspecified atom stereocenters. The molecule has 0 aliphatic heterocycles. The number of fused-ring (bicyclic) bond motifs is 1. The van der Waals surface area contributed by atoms with Gasteiger partial charge in [0.25, 0.3) is 0 Å². The van der Waals surface area contributed by atoms with E-state index in [1.807, 2.05) is 66.7 Å². The van der Waals surface area contributed by atoms with Crippen LogP contribution in [0.15, 0.2) is 79.3 Å². The number of benzene rings is 3. The van der Waals surface area contributed by atoms with Crippen LogP contribution in [0.25, 0.3) is 10.9 Å². The maximum Gasteiger partial charge on any atom is 0.149 e. The normalized spacial score (nSPS) is 10.2. The predicted octanol–water partition coefficient (Wildman–Crippen LogP) is 4.65. The van der Waals surface area contributed by atoms with Crippen LogP contribution in [0.4, 0.5) is 0 Å². The van der Waals surface area contributed by atoms with Gasteiger partial charge in [-0.1, -0.05) is 42.2 Å². The molecule has 0 bridgehead atoms. The van der Waals surface area contributed by atoms with Crippen molar-refractivity contribution in [2.24, 2.45) is 0 Å². The lowest BCUT2D eigenvalue weighted by Gasteiger charge is -2.10. The fraction of sp³-hybridized carbons (Fsp3) is 0.120. The second-order valence-corrected chi connectivity index (χ2v) is 6.47. The van der Waals surface area contributed by atoms with Gasteiger partial charge in [-0.15, -0.1) is 0 Å². The zero-order chi connectivity index (χ0) is 20.6. The molecule has 1 aromatic heterocycles. The lowest BCUT2D eigenvalue weighted by Crippen LogP contribution is -1.98. The van der Waals surface area contributed by atoms with Crippen LogP contribution in [0.3, 0.4) is 0 Å². The number of hydrogen-bond donors (Lipinski definition) is 0. The van der Waals surface area contributed by atoms with E-state index in [1.165, 1.54) is 6.33 Å². The summed E-state index contributed by atoms with van der Waals surface area (Å²) in [6, 6.07) is 21.3. The summed E-state index contributed by atoms with van der Waals surface area (Å²) in [6.07, 6.45) is 3.29. The number of methoxy groups -OCH3 is 1. The summed E-state index contributed by atoms with van der Waals surface area (Å²) < 4.78 is 17.1. The molecule has 30 heavy (non-hydrogen) atoms. The highest BCUT2D eigenvalue weighted by molar-refractivity contribution is 5.78. The highest BCUT2D eigenvalue weighted by Gasteiger charge is 2.05. The first-order valence-corrected chi connectivity index (χ1v) is 9.48. The van der Waals surface area contributed by atoms with Crippen molar-refractivity contribution in [3.8, 4) is 29.1 Å². The first kappa shape index (κ1) is 19.3. The van der Waals surface area contributed by atoms with Crippen molar-refractivity contribution in [2.75, 3.05) is 13.7 Å². The minimum absolute atomic E-state index is 0.245. The van der Waals surface area contributed by atoms with Crippen molar-refractivity contribution in [1.82, 2.24) is 9.97 Å². The van der Waals surface area contributed by atoms with Gasteiger partial charge in [-0.05, 0) is 42.0 Å². The predicted molar refractivity (Wildman–Crippen MR) is 116 cm³/mol. The third-order valence-electron chi connectivity index (χ3n) is 4.43. The van der Waals surface area contributed by atoms with Gasteiger partial charge >= 0.3 is 0 Å². The van der Waals surface area contributed by atoms with Crippen LogP contribution in [0.5, 0.6) is 17.2 Å². The quantitative estimate of drug-likeness (QED) is 0.444. The summed E-state index contributed by atoms with van der Waals surface area (Å²) in [5.74, 6) is 8.32. The second-order valence-electron chi connectivity index (χ2n) is 6.47. The molecule has 0 saturated carbocycles. The molecule has 5 heteroatoms. The summed E-state index contributed by atoms with van der Waals surface area (Å²) in [7, 11) is 1.63. The van der Waals surface area contributed by atoms with E-state index >= 15 is 0 Å². The zero-order valence-electron chi connectivity index (χ0n) is 16.5. The smallest absolute Gasteiger partial charge is 0.149 e. The molecule has 0 aliphatic rings. The summed E-state index contributed by atoms with van der Waals surface area (Å²) in [6.45, 7) is 0.714. The molecule has 0 amide bonds. The summed E-state index contributed by atoms with van der Waals surface area (Å²) >= 11 is 0. The van der Waals surface area contributed by atoms with Gasteiger partial charge in [0, 0.05) is 11.6 Å². The third-order valence-corrected chi connectivity index (χ3v) is 4.43. The molecule has 4 aromatic rings. The molecule has 0 spiro atoms. The third kappa shape index (κ3) is 4.86. The number of ether oxygens (including phenoxy) is 3. The molecular formula is C25H20N2O3. The average Bonchev–Trinajstić information content (AvgIpc) is 2.81. The Kier molecular flexibility index (Phi) is 6.07. The van der Waals surface area contributed by atoms with E-state index in [2.05, 4.69) is 21.8 Å². The fourth-order valence-electron chi connectivity index (χ4n) is 2.90. The molecule has 0 fully saturated rings. The van der Waals surface area contributed by atoms with Crippen LogP contribution < -0.4 is 14.2 Å². The van der Waals surface area contributed by atoms with E-state index in [-0.39, 0.29) is 6.61 Å². The Morgan fingerprint density at radius 1 is 0.900 bits per heavy atom. The summed E-state index contributed by atoms with van der Waals surface area (Å²) in [4.78, 5) is 8.24. The lowest BCUT2D eigenvalue weighted by atomic mass is 10.2. The van der Waals surface area contributed by atoms with E-state index in [0.717, 1.165) is 33.5 Å².